The van der Waals surface area contributed by atoms with E-state index in [1.165, 1.54) is 0 Å². The van der Waals surface area contributed by atoms with E-state index in [2.05, 4.69) is 16.4 Å². The zero-order valence-electron chi connectivity index (χ0n) is 14.5. The number of rotatable bonds is 6. The number of fused-ring (bicyclic) bond motifs is 1. The van der Waals surface area contributed by atoms with Gasteiger partial charge < -0.3 is 14.7 Å². The molecule has 0 saturated heterocycles. The molecule has 1 aromatic carbocycles. The molecule has 0 spiro atoms. The van der Waals surface area contributed by atoms with Gasteiger partial charge in [0.2, 0.25) is 5.91 Å². The van der Waals surface area contributed by atoms with Crippen LogP contribution in [0.3, 0.4) is 0 Å². The van der Waals surface area contributed by atoms with Crippen molar-refractivity contribution in [2.24, 2.45) is 0 Å². The summed E-state index contributed by atoms with van der Waals surface area (Å²) in [6.45, 7) is 4.47. The first-order valence-electron chi connectivity index (χ1n) is 8.46. The minimum Gasteiger partial charge on any atom is -0.469 e. The topological polar surface area (TPSA) is 75.1 Å². The fraction of sp³-hybridized carbons (Fsp3) is 0.300. The van der Waals surface area contributed by atoms with Crippen molar-refractivity contribution in [2.75, 3.05) is 6.54 Å². The standard InChI is InChI=1S/C20H22N2O3/c1-13-5-6-15-12-16(20(24)22-19(15)14(13)2)9-10-21-18(23)8-7-17-4-3-11-25-17/h3-6,11-12H,7-10H2,1-2H3,(H,21,23)(H,22,24). The molecule has 2 N–H and O–H groups in total. The Morgan fingerprint density at radius 2 is 2.04 bits per heavy atom. The van der Waals surface area contributed by atoms with Gasteiger partial charge in [0.1, 0.15) is 5.76 Å². The molecule has 130 valence electrons. The van der Waals surface area contributed by atoms with E-state index in [1.807, 2.05) is 38.1 Å². The lowest BCUT2D eigenvalue weighted by Gasteiger charge is -2.08. The van der Waals surface area contributed by atoms with Crippen LogP contribution in [-0.2, 0) is 17.6 Å². The highest BCUT2D eigenvalue weighted by Crippen LogP contribution is 2.18. The van der Waals surface area contributed by atoms with Crippen molar-refractivity contribution in [1.82, 2.24) is 10.3 Å². The molecule has 2 aromatic heterocycles. The fourth-order valence-corrected chi connectivity index (χ4v) is 2.87. The highest BCUT2D eigenvalue weighted by atomic mass is 16.3. The van der Waals surface area contributed by atoms with Gasteiger partial charge in [-0.1, -0.05) is 12.1 Å². The molecule has 0 saturated carbocycles. The predicted octanol–water partition coefficient (Wildman–Crippen LogP) is 3.03. The van der Waals surface area contributed by atoms with E-state index in [1.54, 1.807) is 6.26 Å². The van der Waals surface area contributed by atoms with Gasteiger partial charge in [0.05, 0.1) is 11.8 Å². The molecule has 0 atom stereocenters. The van der Waals surface area contributed by atoms with Crippen LogP contribution in [0.25, 0.3) is 10.9 Å². The minimum atomic E-state index is -0.0916. The van der Waals surface area contributed by atoms with Gasteiger partial charge in [-0.05, 0) is 55.0 Å². The summed E-state index contributed by atoms with van der Waals surface area (Å²) >= 11 is 0. The fourth-order valence-electron chi connectivity index (χ4n) is 2.87. The maximum atomic E-state index is 12.3. The number of aromatic amines is 1. The van der Waals surface area contributed by atoms with Gasteiger partial charge >= 0.3 is 0 Å². The van der Waals surface area contributed by atoms with Crippen LogP contribution in [-0.4, -0.2) is 17.4 Å². The monoisotopic (exact) mass is 338 g/mol. The molecular formula is C20H22N2O3. The van der Waals surface area contributed by atoms with Crippen molar-refractivity contribution >= 4 is 16.8 Å². The number of H-pyrrole nitrogens is 1. The lowest BCUT2D eigenvalue weighted by molar-refractivity contribution is -0.121. The predicted molar refractivity (Wildman–Crippen MR) is 97.8 cm³/mol. The number of aromatic nitrogens is 1. The number of carbonyl (C=O) groups excluding carboxylic acids is 1. The maximum Gasteiger partial charge on any atom is 0.251 e. The van der Waals surface area contributed by atoms with E-state index in [-0.39, 0.29) is 11.5 Å². The van der Waals surface area contributed by atoms with Crippen molar-refractivity contribution in [3.8, 4) is 0 Å². The minimum absolute atomic E-state index is 0.0416. The van der Waals surface area contributed by atoms with Gasteiger partial charge in [0.25, 0.3) is 5.56 Å². The van der Waals surface area contributed by atoms with Crippen LogP contribution in [0.2, 0.25) is 0 Å². The van der Waals surface area contributed by atoms with Crippen LogP contribution in [0.1, 0.15) is 28.9 Å². The molecule has 0 aliphatic heterocycles. The zero-order chi connectivity index (χ0) is 17.8. The summed E-state index contributed by atoms with van der Waals surface area (Å²) in [7, 11) is 0. The van der Waals surface area contributed by atoms with Crippen LogP contribution in [0.4, 0.5) is 0 Å². The Balaban J connectivity index is 1.59. The van der Waals surface area contributed by atoms with E-state index in [9.17, 15) is 9.59 Å². The summed E-state index contributed by atoms with van der Waals surface area (Å²) in [5.41, 5.74) is 3.72. The summed E-state index contributed by atoms with van der Waals surface area (Å²) in [5.74, 6) is 0.756. The Labute approximate surface area is 146 Å². The van der Waals surface area contributed by atoms with Crippen molar-refractivity contribution < 1.29 is 9.21 Å². The molecule has 0 fully saturated rings. The van der Waals surface area contributed by atoms with Crippen molar-refractivity contribution in [1.29, 1.82) is 0 Å². The second-order valence-corrected chi connectivity index (χ2v) is 6.27. The zero-order valence-corrected chi connectivity index (χ0v) is 14.5. The van der Waals surface area contributed by atoms with E-state index in [0.29, 0.717) is 31.4 Å². The van der Waals surface area contributed by atoms with Gasteiger partial charge in [-0.25, -0.2) is 0 Å². The van der Waals surface area contributed by atoms with Crippen LogP contribution >= 0.6 is 0 Å². The number of nitrogens with one attached hydrogen (secondary N) is 2. The Morgan fingerprint density at radius 1 is 1.20 bits per heavy atom. The molecule has 1 amide bonds. The first kappa shape index (κ1) is 17.0. The summed E-state index contributed by atoms with van der Waals surface area (Å²) in [4.78, 5) is 27.1. The van der Waals surface area contributed by atoms with Crippen molar-refractivity contribution in [3.05, 3.63) is 69.4 Å². The van der Waals surface area contributed by atoms with Crippen LogP contribution in [0, 0.1) is 13.8 Å². The molecule has 3 rings (SSSR count). The first-order chi connectivity index (χ1) is 12.0. The molecule has 0 aliphatic carbocycles. The summed E-state index contributed by atoms with van der Waals surface area (Å²) in [6.07, 6.45) is 3.06. The Bertz CT molecular complexity index is 939. The molecular weight excluding hydrogens is 316 g/mol. The molecule has 25 heavy (non-hydrogen) atoms. The number of carbonyl (C=O) groups is 1. The van der Waals surface area contributed by atoms with Crippen molar-refractivity contribution in [2.45, 2.75) is 33.1 Å². The van der Waals surface area contributed by atoms with Gasteiger partial charge in [-0.2, -0.15) is 0 Å². The molecule has 0 unspecified atom stereocenters. The Hall–Kier alpha value is -2.82. The number of furan rings is 1. The second-order valence-electron chi connectivity index (χ2n) is 6.27. The molecule has 2 heterocycles. The van der Waals surface area contributed by atoms with Gasteiger partial charge in [0.15, 0.2) is 0 Å². The number of hydrogen-bond donors (Lipinski definition) is 2. The van der Waals surface area contributed by atoms with Crippen LogP contribution in [0.5, 0.6) is 0 Å². The largest absolute Gasteiger partial charge is 0.469 e. The van der Waals surface area contributed by atoms with E-state index < -0.39 is 0 Å². The third kappa shape index (κ3) is 3.99. The smallest absolute Gasteiger partial charge is 0.251 e. The number of pyridine rings is 1. The van der Waals surface area contributed by atoms with Gasteiger partial charge in [-0.15, -0.1) is 0 Å². The normalized spacial score (nSPS) is 11.0. The molecule has 5 nitrogen and oxygen atoms in total. The Morgan fingerprint density at radius 3 is 2.80 bits per heavy atom. The third-order valence-corrected chi connectivity index (χ3v) is 4.52. The first-order valence-corrected chi connectivity index (χ1v) is 8.46. The molecule has 0 bridgehead atoms. The maximum absolute atomic E-state index is 12.3. The highest BCUT2D eigenvalue weighted by molar-refractivity contribution is 5.83. The second kappa shape index (κ2) is 7.38. The average Bonchev–Trinajstić information content (AvgIpc) is 3.11. The summed E-state index contributed by atoms with van der Waals surface area (Å²) in [6, 6.07) is 9.64. The van der Waals surface area contributed by atoms with Crippen LogP contribution in [0.15, 0.2) is 45.8 Å². The molecule has 5 heteroatoms. The molecule has 0 radical (unpaired) electrons. The van der Waals surface area contributed by atoms with Crippen molar-refractivity contribution in [3.63, 3.8) is 0 Å². The van der Waals surface area contributed by atoms with E-state index in [0.717, 1.165) is 27.8 Å². The Kier molecular flexibility index (Phi) is 5.03. The lowest BCUT2D eigenvalue weighted by Crippen LogP contribution is -2.27. The highest BCUT2D eigenvalue weighted by Gasteiger charge is 2.08. The third-order valence-electron chi connectivity index (χ3n) is 4.52. The SMILES string of the molecule is Cc1ccc2cc(CCNC(=O)CCc3ccco3)c(=O)[nH]c2c1C. The average molecular weight is 338 g/mol. The van der Waals surface area contributed by atoms with E-state index >= 15 is 0 Å². The molecule has 0 aliphatic rings. The number of benzene rings is 1. The molecule has 3 aromatic rings. The number of amides is 1. The number of hydrogen-bond acceptors (Lipinski definition) is 3. The van der Waals surface area contributed by atoms with E-state index in [4.69, 9.17) is 4.42 Å². The summed E-state index contributed by atoms with van der Waals surface area (Å²) < 4.78 is 5.21. The summed E-state index contributed by atoms with van der Waals surface area (Å²) in [5, 5.41) is 3.87. The number of aryl methyl sites for hydroxylation is 3. The van der Waals surface area contributed by atoms with Crippen LogP contribution < -0.4 is 10.9 Å². The lowest BCUT2D eigenvalue weighted by atomic mass is 10.0. The quantitative estimate of drug-likeness (QED) is 0.725. The van der Waals surface area contributed by atoms with Gasteiger partial charge in [0, 0.05) is 24.9 Å². The van der Waals surface area contributed by atoms with Gasteiger partial charge in [-0.3, -0.25) is 9.59 Å².